The van der Waals surface area contributed by atoms with E-state index in [2.05, 4.69) is 27.4 Å². The SMILES string of the molecule is COc1ccc(CCNc2cc(-c3cccc(OC)c3)nc(C)n2)cc1. The van der Waals surface area contributed by atoms with Gasteiger partial charge in [0.25, 0.3) is 0 Å². The van der Waals surface area contributed by atoms with Gasteiger partial charge in [-0.05, 0) is 43.2 Å². The number of nitrogens with zero attached hydrogens (tertiary/aromatic N) is 2. The Kier molecular flexibility index (Phi) is 5.69. The van der Waals surface area contributed by atoms with Crippen LogP contribution >= 0.6 is 0 Å². The standard InChI is InChI=1S/C21H23N3O2/c1-15-23-20(17-5-4-6-19(13-17)26-3)14-21(24-15)22-12-11-16-7-9-18(25-2)10-8-16/h4-10,13-14H,11-12H2,1-3H3,(H,22,23,24). The molecule has 1 heterocycles. The van der Waals surface area contributed by atoms with Crippen LogP contribution in [-0.2, 0) is 6.42 Å². The zero-order valence-electron chi connectivity index (χ0n) is 15.3. The van der Waals surface area contributed by atoms with Crippen molar-refractivity contribution in [1.29, 1.82) is 0 Å². The second-order valence-corrected chi connectivity index (χ2v) is 5.94. The molecule has 3 aromatic rings. The molecule has 0 aliphatic carbocycles. The summed E-state index contributed by atoms with van der Waals surface area (Å²) in [6.07, 6.45) is 0.904. The summed E-state index contributed by atoms with van der Waals surface area (Å²) in [4.78, 5) is 9.03. The van der Waals surface area contributed by atoms with E-state index in [0.29, 0.717) is 0 Å². The minimum absolute atomic E-state index is 0.734. The molecule has 0 spiro atoms. The number of benzene rings is 2. The van der Waals surface area contributed by atoms with E-state index < -0.39 is 0 Å². The summed E-state index contributed by atoms with van der Waals surface area (Å²) in [5.41, 5.74) is 3.13. The van der Waals surface area contributed by atoms with Crippen LogP contribution in [0.15, 0.2) is 54.6 Å². The number of rotatable bonds is 7. The van der Waals surface area contributed by atoms with Gasteiger partial charge in [0, 0.05) is 18.2 Å². The molecular formula is C21H23N3O2. The average Bonchev–Trinajstić information content (AvgIpc) is 2.68. The number of aromatic nitrogens is 2. The molecule has 0 fully saturated rings. The summed E-state index contributed by atoms with van der Waals surface area (Å²) >= 11 is 0. The zero-order valence-corrected chi connectivity index (χ0v) is 15.3. The monoisotopic (exact) mass is 349 g/mol. The van der Waals surface area contributed by atoms with E-state index in [0.717, 1.165) is 47.4 Å². The highest BCUT2D eigenvalue weighted by atomic mass is 16.5. The summed E-state index contributed by atoms with van der Waals surface area (Å²) in [6, 6.07) is 18.0. The fraction of sp³-hybridized carbons (Fsp3) is 0.238. The first-order valence-corrected chi connectivity index (χ1v) is 8.55. The van der Waals surface area contributed by atoms with Gasteiger partial charge in [0.15, 0.2) is 0 Å². The fourth-order valence-electron chi connectivity index (χ4n) is 2.72. The fourth-order valence-corrected chi connectivity index (χ4v) is 2.72. The van der Waals surface area contributed by atoms with Gasteiger partial charge >= 0.3 is 0 Å². The Balaban J connectivity index is 1.69. The maximum Gasteiger partial charge on any atom is 0.130 e. The highest BCUT2D eigenvalue weighted by molar-refractivity contribution is 5.64. The third kappa shape index (κ3) is 4.51. The highest BCUT2D eigenvalue weighted by Crippen LogP contribution is 2.24. The Morgan fingerprint density at radius 1 is 0.885 bits per heavy atom. The van der Waals surface area contributed by atoms with Crippen LogP contribution in [0.4, 0.5) is 5.82 Å². The lowest BCUT2D eigenvalue weighted by Crippen LogP contribution is -2.08. The quantitative estimate of drug-likeness (QED) is 0.695. The van der Waals surface area contributed by atoms with Gasteiger partial charge in [0.1, 0.15) is 23.1 Å². The van der Waals surface area contributed by atoms with E-state index in [1.54, 1.807) is 14.2 Å². The molecule has 1 aromatic heterocycles. The summed E-state index contributed by atoms with van der Waals surface area (Å²) in [5, 5.41) is 3.39. The van der Waals surface area contributed by atoms with Crippen LogP contribution in [0.5, 0.6) is 11.5 Å². The largest absolute Gasteiger partial charge is 0.497 e. The van der Waals surface area contributed by atoms with Gasteiger partial charge in [0.2, 0.25) is 0 Å². The van der Waals surface area contributed by atoms with E-state index >= 15 is 0 Å². The van der Waals surface area contributed by atoms with Crippen LogP contribution in [0.2, 0.25) is 0 Å². The molecule has 26 heavy (non-hydrogen) atoms. The second-order valence-electron chi connectivity index (χ2n) is 5.94. The van der Waals surface area contributed by atoms with Gasteiger partial charge < -0.3 is 14.8 Å². The summed E-state index contributed by atoms with van der Waals surface area (Å²) in [6.45, 7) is 2.69. The molecule has 5 nitrogen and oxygen atoms in total. The van der Waals surface area contributed by atoms with Crippen molar-refractivity contribution in [2.24, 2.45) is 0 Å². The first-order valence-electron chi connectivity index (χ1n) is 8.55. The molecular weight excluding hydrogens is 326 g/mol. The predicted molar refractivity (Wildman–Crippen MR) is 104 cm³/mol. The van der Waals surface area contributed by atoms with E-state index in [9.17, 15) is 0 Å². The topological polar surface area (TPSA) is 56.3 Å². The molecule has 134 valence electrons. The van der Waals surface area contributed by atoms with Crippen LogP contribution in [0.3, 0.4) is 0 Å². The Bertz CT molecular complexity index is 863. The Morgan fingerprint density at radius 3 is 2.38 bits per heavy atom. The van der Waals surface area contributed by atoms with Crippen molar-refractivity contribution in [2.45, 2.75) is 13.3 Å². The molecule has 0 aliphatic rings. The maximum atomic E-state index is 5.30. The molecule has 3 rings (SSSR count). The lowest BCUT2D eigenvalue weighted by molar-refractivity contribution is 0.414. The van der Waals surface area contributed by atoms with Crippen molar-refractivity contribution in [3.8, 4) is 22.8 Å². The van der Waals surface area contributed by atoms with Gasteiger partial charge in [-0.3, -0.25) is 0 Å². The van der Waals surface area contributed by atoms with E-state index in [1.807, 2.05) is 49.4 Å². The van der Waals surface area contributed by atoms with Crippen LogP contribution in [0.25, 0.3) is 11.3 Å². The second kappa shape index (κ2) is 8.34. The summed E-state index contributed by atoms with van der Waals surface area (Å²) in [7, 11) is 3.34. The molecule has 0 saturated carbocycles. The van der Waals surface area contributed by atoms with Gasteiger partial charge in [0.05, 0.1) is 19.9 Å². The van der Waals surface area contributed by atoms with Crippen LogP contribution in [-0.4, -0.2) is 30.7 Å². The van der Waals surface area contributed by atoms with Gasteiger partial charge in [-0.2, -0.15) is 0 Å². The molecule has 0 unspecified atom stereocenters. The average molecular weight is 349 g/mol. The number of methoxy groups -OCH3 is 2. The first kappa shape index (κ1) is 17.7. The van der Waals surface area contributed by atoms with Crippen molar-refractivity contribution in [1.82, 2.24) is 9.97 Å². The van der Waals surface area contributed by atoms with Crippen molar-refractivity contribution >= 4 is 5.82 Å². The molecule has 5 heteroatoms. The molecule has 0 bridgehead atoms. The van der Waals surface area contributed by atoms with E-state index in [1.165, 1.54) is 5.56 Å². The Hall–Kier alpha value is -3.08. The molecule has 0 aliphatic heterocycles. The first-order chi connectivity index (χ1) is 12.7. The molecule has 1 N–H and O–H groups in total. The van der Waals surface area contributed by atoms with Gasteiger partial charge in [-0.15, -0.1) is 0 Å². The lowest BCUT2D eigenvalue weighted by atomic mass is 10.1. The molecule has 0 saturated heterocycles. The van der Waals surface area contributed by atoms with Gasteiger partial charge in [-0.1, -0.05) is 24.3 Å². The molecule has 0 amide bonds. The van der Waals surface area contributed by atoms with Crippen LogP contribution in [0.1, 0.15) is 11.4 Å². The van der Waals surface area contributed by atoms with Crippen LogP contribution < -0.4 is 14.8 Å². The zero-order chi connectivity index (χ0) is 18.4. The Morgan fingerprint density at radius 2 is 1.65 bits per heavy atom. The number of hydrogen-bond donors (Lipinski definition) is 1. The number of hydrogen-bond acceptors (Lipinski definition) is 5. The third-order valence-electron chi connectivity index (χ3n) is 4.08. The van der Waals surface area contributed by atoms with E-state index in [-0.39, 0.29) is 0 Å². The minimum Gasteiger partial charge on any atom is -0.497 e. The van der Waals surface area contributed by atoms with Crippen molar-refractivity contribution < 1.29 is 9.47 Å². The lowest BCUT2D eigenvalue weighted by Gasteiger charge is -2.10. The summed E-state index contributed by atoms with van der Waals surface area (Å²) < 4.78 is 10.5. The van der Waals surface area contributed by atoms with E-state index in [4.69, 9.17) is 9.47 Å². The van der Waals surface area contributed by atoms with Gasteiger partial charge in [-0.25, -0.2) is 9.97 Å². The smallest absolute Gasteiger partial charge is 0.130 e. The molecule has 0 radical (unpaired) electrons. The highest BCUT2D eigenvalue weighted by Gasteiger charge is 2.06. The molecule has 0 atom stereocenters. The van der Waals surface area contributed by atoms with Crippen molar-refractivity contribution in [2.75, 3.05) is 26.1 Å². The number of nitrogens with one attached hydrogen (secondary N) is 1. The number of anilines is 1. The minimum atomic E-state index is 0.734. The number of ether oxygens (including phenoxy) is 2. The van der Waals surface area contributed by atoms with Crippen molar-refractivity contribution in [3.63, 3.8) is 0 Å². The van der Waals surface area contributed by atoms with Crippen molar-refractivity contribution in [3.05, 3.63) is 66.0 Å². The Labute approximate surface area is 154 Å². The molecule has 2 aromatic carbocycles. The predicted octanol–water partition coefficient (Wildman–Crippen LogP) is 4.12. The summed E-state index contributed by atoms with van der Waals surface area (Å²) in [5.74, 6) is 3.24. The number of aryl methyl sites for hydroxylation is 1. The maximum absolute atomic E-state index is 5.30. The normalized spacial score (nSPS) is 10.4. The van der Waals surface area contributed by atoms with Crippen LogP contribution in [0, 0.1) is 6.92 Å². The third-order valence-corrected chi connectivity index (χ3v) is 4.08.